The summed E-state index contributed by atoms with van der Waals surface area (Å²) in [5.41, 5.74) is 7.03. The highest BCUT2D eigenvalue weighted by Gasteiger charge is 2.24. The van der Waals surface area contributed by atoms with Crippen molar-refractivity contribution >= 4 is 15.8 Å². The second-order valence-electron chi connectivity index (χ2n) is 10.9. The van der Waals surface area contributed by atoms with Crippen molar-refractivity contribution in [2.24, 2.45) is 5.92 Å². The highest BCUT2D eigenvalue weighted by Crippen LogP contribution is 2.36. The van der Waals surface area contributed by atoms with Crippen molar-refractivity contribution in [1.29, 1.82) is 0 Å². The number of benzene rings is 3. The first kappa shape index (κ1) is 28.8. The molecule has 1 heterocycles. The first-order chi connectivity index (χ1) is 19.8. The molecule has 41 heavy (non-hydrogen) atoms. The standard InChI is InChI=1S/C34H36O6S/c1-3-26(21-34(35)38-2)27-9-11-30(12-10-27)39-23-25-7-8-28-5-4-6-29-20-31(13-14-32(29)33(28)19-25)40-22-24-15-17-41(36,37)18-16-24/h1,7-14,19-20,24,26H,4-6,15-18,21-23H2,2H3/t26-/m0/s1. The number of methoxy groups -OCH3 is 1. The van der Waals surface area contributed by atoms with Crippen LogP contribution in [-0.4, -0.2) is 39.6 Å². The van der Waals surface area contributed by atoms with Crippen LogP contribution in [0.2, 0.25) is 0 Å². The van der Waals surface area contributed by atoms with Crippen molar-refractivity contribution in [3.63, 3.8) is 0 Å². The summed E-state index contributed by atoms with van der Waals surface area (Å²) in [7, 11) is -1.50. The van der Waals surface area contributed by atoms with E-state index in [0.717, 1.165) is 41.9 Å². The highest BCUT2D eigenvalue weighted by atomic mass is 32.2. The van der Waals surface area contributed by atoms with Crippen LogP contribution in [0, 0.1) is 18.3 Å². The average Bonchev–Trinajstić information content (AvgIpc) is 3.17. The van der Waals surface area contributed by atoms with Crippen LogP contribution in [0.1, 0.15) is 53.9 Å². The van der Waals surface area contributed by atoms with E-state index < -0.39 is 9.84 Å². The zero-order valence-corrected chi connectivity index (χ0v) is 24.3. The van der Waals surface area contributed by atoms with Crippen LogP contribution in [0.25, 0.3) is 11.1 Å². The van der Waals surface area contributed by atoms with Gasteiger partial charge < -0.3 is 14.2 Å². The molecule has 1 aliphatic heterocycles. The molecule has 0 bridgehead atoms. The summed E-state index contributed by atoms with van der Waals surface area (Å²) < 4.78 is 40.4. The van der Waals surface area contributed by atoms with E-state index in [2.05, 4.69) is 36.3 Å². The van der Waals surface area contributed by atoms with Gasteiger partial charge in [-0.3, -0.25) is 4.79 Å². The molecule has 0 amide bonds. The highest BCUT2D eigenvalue weighted by molar-refractivity contribution is 7.91. The van der Waals surface area contributed by atoms with Gasteiger partial charge in [0.25, 0.3) is 0 Å². The first-order valence-corrected chi connectivity index (χ1v) is 16.0. The van der Waals surface area contributed by atoms with Gasteiger partial charge in [0.2, 0.25) is 0 Å². The second kappa shape index (κ2) is 12.8. The zero-order valence-electron chi connectivity index (χ0n) is 23.4. The maximum Gasteiger partial charge on any atom is 0.307 e. The summed E-state index contributed by atoms with van der Waals surface area (Å²) in [6.07, 6.45) is 10.2. The van der Waals surface area contributed by atoms with E-state index in [1.165, 1.54) is 29.4 Å². The number of carbonyl (C=O) groups excluding carboxylic acids is 1. The van der Waals surface area contributed by atoms with Crippen molar-refractivity contribution in [2.45, 2.75) is 51.0 Å². The van der Waals surface area contributed by atoms with Crippen molar-refractivity contribution in [2.75, 3.05) is 25.2 Å². The number of aryl methyl sites for hydroxylation is 2. The molecule has 214 valence electrons. The molecule has 1 aliphatic carbocycles. The van der Waals surface area contributed by atoms with E-state index in [0.29, 0.717) is 26.1 Å². The van der Waals surface area contributed by atoms with E-state index in [1.807, 2.05) is 30.3 Å². The van der Waals surface area contributed by atoms with Crippen molar-refractivity contribution in [1.82, 2.24) is 0 Å². The molecule has 3 aromatic rings. The normalized spacial score (nSPS) is 16.8. The molecule has 6 nitrogen and oxygen atoms in total. The van der Waals surface area contributed by atoms with Gasteiger partial charge in [0.05, 0.1) is 37.6 Å². The molecule has 1 fully saturated rings. The van der Waals surface area contributed by atoms with Gasteiger partial charge in [-0.2, -0.15) is 0 Å². The van der Waals surface area contributed by atoms with Gasteiger partial charge in [-0.05, 0) is 102 Å². The smallest absolute Gasteiger partial charge is 0.307 e. The summed E-state index contributed by atoms with van der Waals surface area (Å²) >= 11 is 0. The molecular formula is C34H36O6S. The summed E-state index contributed by atoms with van der Waals surface area (Å²) in [5, 5.41) is 0. The van der Waals surface area contributed by atoms with Gasteiger partial charge in [0.15, 0.2) is 0 Å². The minimum absolute atomic E-state index is 0.143. The summed E-state index contributed by atoms with van der Waals surface area (Å²) in [5.74, 6) is 4.40. The molecule has 0 unspecified atom stereocenters. The van der Waals surface area contributed by atoms with Crippen LogP contribution in [0.4, 0.5) is 0 Å². The molecule has 0 saturated carbocycles. The van der Waals surface area contributed by atoms with Gasteiger partial charge in [-0.1, -0.05) is 36.3 Å². The lowest BCUT2D eigenvalue weighted by atomic mass is 9.95. The van der Waals surface area contributed by atoms with Crippen LogP contribution < -0.4 is 9.47 Å². The summed E-state index contributed by atoms with van der Waals surface area (Å²) in [4.78, 5) is 11.6. The number of rotatable bonds is 9. The van der Waals surface area contributed by atoms with Gasteiger partial charge in [0, 0.05) is 0 Å². The molecule has 0 N–H and O–H groups in total. The Bertz CT molecular complexity index is 1520. The minimum Gasteiger partial charge on any atom is -0.493 e. The lowest BCUT2D eigenvalue weighted by Gasteiger charge is -2.22. The predicted molar refractivity (Wildman–Crippen MR) is 160 cm³/mol. The second-order valence-corrected chi connectivity index (χ2v) is 13.2. The number of sulfone groups is 1. The predicted octanol–water partition coefficient (Wildman–Crippen LogP) is 5.90. The average molecular weight is 573 g/mol. The number of ether oxygens (including phenoxy) is 3. The Morgan fingerprint density at radius 2 is 1.66 bits per heavy atom. The van der Waals surface area contributed by atoms with Crippen molar-refractivity contribution in [3.8, 4) is 35.0 Å². The van der Waals surface area contributed by atoms with Gasteiger partial charge in [0.1, 0.15) is 27.9 Å². The fourth-order valence-electron chi connectivity index (χ4n) is 5.59. The number of hydrogen-bond donors (Lipinski definition) is 0. The SMILES string of the molecule is C#C[C@@H](CC(=O)OC)c1ccc(OCc2ccc3c(c2)-c2ccc(OCC4CCS(=O)(=O)CC4)cc2CCC3)cc1. The molecule has 0 radical (unpaired) electrons. The van der Waals surface area contributed by atoms with E-state index in [-0.39, 0.29) is 35.7 Å². The molecule has 1 atom stereocenters. The third kappa shape index (κ3) is 7.31. The number of terminal acetylenes is 1. The van der Waals surface area contributed by atoms with Crippen LogP contribution in [-0.2, 0) is 38.8 Å². The molecule has 0 aromatic heterocycles. The Labute approximate surface area is 242 Å². The summed E-state index contributed by atoms with van der Waals surface area (Å²) in [6.45, 7) is 0.989. The topological polar surface area (TPSA) is 78.9 Å². The maximum atomic E-state index is 11.7. The largest absolute Gasteiger partial charge is 0.493 e. The van der Waals surface area contributed by atoms with Crippen molar-refractivity contribution < 1.29 is 27.4 Å². The Kier molecular flexibility index (Phi) is 8.99. The number of carbonyl (C=O) groups is 1. The lowest BCUT2D eigenvalue weighted by Crippen LogP contribution is -2.26. The van der Waals surface area contributed by atoms with Gasteiger partial charge in [-0.15, -0.1) is 6.42 Å². The van der Waals surface area contributed by atoms with Gasteiger partial charge in [-0.25, -0.2) is 8.42 Å². The fraction of sp³-hybridized carbons (Fsp3) is 0.382. The van der Waals surface area contributed by atoms with E-state index >= 15 is 0 Å². The molecular weight excluding hydrogens is 536 g/mol. The van der Waals surface area contributed by atoms with Gasteiger partial charge >= 0.3 is 5.97 Å². The van der Waals surface area contributed by atoms with E-state index in [1.54, 1.807) is 0 Å². The van der Waals surface area contributed by atoms with E-state index in [9.17, 15) is 13.2 Å². The number of esters is 1. The molecule has 7 heteroatoms. The molecule has 3 aromatic carbocycles. The number of hydrogen-bond acceptors (Lipinski definition) is 6. The molecule has 2 aliphatic rings. The Morgan fingerprint density at radius 3 is 2.39 bits per heavy atom. The Balaban J connectivity index is 1.24. The van der Waals surface area contributed by atoms with Crippen LogP contribution in [0.5, 0.6) is 11.5 Å². The maximum absolute atomic E-state index is 11.7. The third-order valence-electron chi connectivity index (χ3n) is 8.08. The molecule has 0 spiro atoms. The summed E-state index contributed by atoms with van der Waals surface area (Å²) in [6, 6.07) is 20.4. The molecule has 1 saturated heterocycles. The van der Waals surface area contributed by atoms with Crippen LogP contribution in [0.3, 0.4) is 0 Å². The third-order valence-corrected chi connectivity index (χ3v) is 9.80. The first-order valence-electron chi connectivity index (χ1n) is 14.2. The monoisotopic (exact) mass is 572 g/mol. The van der Waals surface area contributed by atoms with E-state index in [4.69, 9.17) is 20.6 Å². The van der Waals surface area contributed by atoms with Crippen LogP contribution in [0.15, 0.2) is 60.7 Å². The van der Waals surface area contributed by atoms with Crippen LogP contribution >= 0.6 is 0 Å². The lowest BCUT2D eigenvalue weighted by molar-refractivity contribution is -0.140. The Hall–Kier alpha value is -3.76. The minimum atomic E-state index is -2.86. The molecule has 5 rings (SSSR count). The zero-order chi connectivity index (χ0) is 28.8. The number of fused-ring (bicyclic) bond motifs is 3. The Morgan fingerprint density at radius 1 is 0.927 bits per heavy atom. The van der Waals surface area contributed by atoms with Crippen molar-refractivity contribution in [3.05, 3.63) is 82.9 Å². The fourth-order valence-corrected chi connectivity index (χ4v) is 7.18. The quantitative estimate of drug-likeness (QED) is 0.235.